The molecule has 0 unspecified atom stereocenters. The SMILES string of the molecule is CCOC(=O)c1ccc(N)cc1.CN(C)c1ccc(C(=O)O)cc1. The fourth-order valence-corrected chi connectivity index (χ4v) is 1.74. The quantitative estimate of drug-likeness (QED) is 0.661. The van der Waals surface area contributed by atoms with Crippen molar-refractivity contribution in [3.8, 4) is 0 Å². The third-order valence-corrected chi connectivity index (χ3v) is 3.05. The van der Waals surface area contributed by atoms with E-state index in [-0.39, 0.29) is 5.97 Å². The zero-order valence-corrected chi connectivity index (χ0v) is 14.0. The predicted octanol–water partition coefficient (Wildman–Crippen LogP) is 2.90. The molecule has 0 fully saturated rings. The Hall–Kier alpha value is -3.02. The van der Waals surface area contributed by atoms with Gasteiger partial charge >= 0.3 is 11.9 Å². The molecule has 6 heteroatoms. The minimum atomic E-state index is -0.889. The highest BCUT2D eigenvalue weighted by atomic mass is 16.5. The first-order chi connectivity index (χ1) is 11.3. The molecule has 0 atom stereocenters. The van der Waals surface area contributed by atoms with Gasteiger partial charge in [0.25, 0.3) is 0 Å². The highest BCUT2D eigenvalue weighted by Crippen LogP contribution is 2.11. The van der Waals surface area contributed by atoms with Crippen LogP contribution in [-0.2, 0) is 4.74 Å². The molecule has 0 saturated heterocycles. The van der Waals surface area contributed by atoms with Gasteiger partial charge in [0.1, 0.15) is 0 Å². The van der Waals surface area contributed by atoms with Crippen molar-refractivity contribution in [2.75, 3.05) is 31.3 Å². The standard InChI is InChI=1S/2C9H11NO2/c1-10(2)8-5-3-7(4-6-8)9(11)12;1-2-12-9(11)7-3-5-8(10)6-4-7/h3-6H,1-2H3,(H,11,12);3-6H,2,10H2,1H3. The summed E-state index contributed by atoms with van der Waals surface area (Å²) < 4.78 is 4.79. The number of carboxylic acids is 1. The summed E-state index contributed by atoms with van der Waals surface area (Å²) in [4.78, 5) is 23.5. The zero-order valence-electron chi connectivity index (χ0n) is 14.0. The van der Waals surface area contributed by atoms with E-state index in [2.05, 4.69) is 0 Å². The van der Waals surface area contributed by atoms with E-state index in [1.807, 2.05) is 19.0 Å². The summed E-state index contributed by atoms with van der Waals surface area (Å²) in [5.41, 5.74) is 7.94. The van der Waals surface area contributed by atoms with Crippen molar-refractivity contribution in [3.63, 3.8) is 0 Å². The van der Waals surface area contributed by atoms with Gasteiger partial charge in [-0.1, -0.05) is 0 Å². The average molecular weight is 330 g/mol. The molecule has 0 heterocycles. The fourth-order valence-electron chi connectivity index (χ4n) is 1.74. The van der Waals surface area contributed by atoms with Gasteiger partial charge in [-0.25, -0.2) is 9.59 Å². The number of carbonyl (C=O) groups excluding carboxylic acids is 1. The Morgan fingerprint density at radius 2 is 1.50 bits per heavy atom. The second-order valence-corrected chi connectivity index (χ2v) is 5.09. The molecule has 0 radical (unpaired) electrons. The summed E-state index contributed by atoms with van der Waals surface area (Å²) in [6.45, 7) is 2.17. The van der Waals surface area contributed by atoms with Crippen molar-refractivity contribution in [2.24, 2.45) is 0 Å². The molecule has 0 spiro atoms. The maximum Gasteiger partial charge on any atom is 0.338 e. The van der Waals surface area contributed by atoms with Crippen LogP contribution in [0.3, 0.4) is 0 Å². The molecule has 0 saturated carbocycles. The van der Waals surface area contributed by atoms with E-state index in [9.17, 15) is 9.59 Å². The maximum atomic E-state index is 11.1. The number of anilines is 2. The van der Waals surface area contributed by atoms with E-state index < -0.39 is 5.97 Å². The number of nitrogens with two attached hydrogens (primary N) is 1. The number of carboxylic acid groups (broad SMARTS) is 1. The lowest BCUT2D eigenvalue weighted by Gasteiger charge is -2.11. The number of hydrogen-bond acceptors (Lipinski definition) is 5. The first-order valence-corrected chi connectivity index (χ1v) is 7.38. The van der Waals surface area contributed by atoms with Crippen molar-refractivity contribution in [2.45, 2.75) is 6.92 Å². The van der Waals surface area contributed by atoms with Crippen molar-refractivity contribution in [1.82, 2.24) is 0 Å². The monoisotopic (exact) mass is 330 g/mol. The van der Waals surface area contributed by atoms with Crippen molar-refractivity contribution >= 4 is 23.3 Å². The van der Waals surface area contributed by atoms with E-state index in [4.69, 9.17) is 15.6 Å². The van der Waals surface area contributed by atoms with Crippen LogP contribution in [0, 0.1) is 0 Å². The number of hydrogen-bond donors (Lipinski definition) is 2. The molecule has 2 aromatic rings. The van der Waals surface area contributed by atoms with Crippen LogP contribution < -0.4 is 10.6 Å². The Labute approximate surface area is 141 Å². The molecule has 3 N–H and O–H groups in total. The van der Waals surface area contributed by atoms with Crippen LogP contribution >= 0.6 is 0 Å². The summed E-state index contributed by atoms with van der Waals surface area (Å²) in [6, 6.07) is 13.4. The lowest BCUT2D eigenvalue weighted by Crippen LogP contribution is -2.08. The second kappa shape index (κ2) is 9.19. The van der Waals surface area contributed by atoms with Gasteiger partial charge in [0.15, 0.2) is 0 Å². The number of rotatable bonds is 4. The Bertz CT molecular complexity index is 664. The van der Waals surface area contributed by atoms with Gasteiger partial charge in [-0.05, 0) is 55.5 Å². The van der Waals surface area contributed by atoms with Crippen molar-refractivity contribution < 1.29 is 19.4 Å². The Balaban J connectivity index is 0.000000240. The van der Waals surface area contributed by atoms with Gasteiger partial charge in [-0.3, -0.25) is 0 Å². The molecule has 2 rings (SSSR count). The molecular formula is C18H22N2O4. The van der Waals surface area contributed by atoms with Gasteiger partial charge in [-0.2, -0.15) is 0 Å². The molecular weight excluding hydrogens is 308 g/mol. The van der Waals surface area contributed by atoms with Gasteiger partial charge in [-0.15, -0.1) is 0 Å². The zero-order chi connectivity index (χ0) is 18.1. The first-order valence-electron chi connectivity index (χ1n) is 7.38. The van der Waals surface area contributed by atoms with Crippen LogP contribution in [0.4, 0.5) is 11.4 Å². The van der Waals surface area contributed by atoms with E-state index in [1.54, 1.807) is 55.5 Å². The lowest BCUT2D eigenvalue weighted by molar-refractivity contribution is 0.0526. The first kappa shape index (κ1) is 19.0. The third kappa shape index (κ3) is 6.00. The summed E-state index contributed by atoms with van der Waals surface area (Å²) in [7, 11) is 3.82. The smallest absolute Gasteiger partial charge is 0.338 e. The predicted molar refractivity (Wildman–Crippen MR) is 94.5 cm³/mol. The highest BCUT2D eigenvalue weighted by molar-refractivity contribution is 5.89. The second-order valence-electron chi connectivity index (χ2n) is 5.09. The summed E-state index contributed by atoms with van der Waals surface area (Å²) >= 11 is 0. The Morgan fingerprint density at radius 1 is 1.00 bits per heavy atom. The Morgan fingerprint density at radius 3 is 1.92 bits per heavy atom. The van der Waals surface area contributed by atoms with Gasteiger partial charge in [0, 0.05) is 25.5 Å². The van der Waals surface area contributed by atoms with Crippen molar-refractivity contribution in [3.05, 3.63) is 59.7 Å². The van der Waals surface area contributed by atoms with Gasteiger partial charge in [0.05, 0.1) is 17.7 Å². The molecule has 0 aromatic heterocycles. The molecule has 0 bridgehead atoms. The number of carbonyl (C=O) groups is 2. The van der Waals surface area contributed by atoms with Crippen LogP contribution in [0.1, 0.15) is 27.6 Å². The largest absolute Gasteiger partial charge is 0.478 e. The Kier molecular flexibility index (Phi) is 7.29. The van der Waals surface area contributed by atoms with Crippen LogP contribution in [0.2, 0.25) is 0 Å². The molecule has 6 nitrogen and oxygen atoms in total. The molecule has 0 aliphatic heterocycles. The molecule has 2 aromatic carbocycles. The maximum absolute atomic E-state index is 11.1. The fraction of sp³-hybridized carbons (Fsp3) is 0.222. The molecule has 128 valence electrons. The lowest BCUT2D eigenvalue weighted by atomic mass is 10.2. The number of benzene rings is 2. The summed E-state index contributed by atoms with van der Waals surface area (Å²) in [6.07, 6.45) is 0. The summed E-state index contributed by atoms with van der Waals surface area (Å²) in [5.74, 6) is -1.20. The average Bonchev–Trinajstić information content (AvgIpc) is 2.56. The van der Waals surface area contributed by atoms with Crippen LogP contribution in [0.25, 0.3) is 0 Å². The number of aromatic carboxylic acids is 1. The van der Waals surface area contributed by atoms with Gasteiger partial charge in [0.2, 0.25) is 0 Å². The van der Waals surface area contributed by atoms with Crippen LogP contribution in [-0.4, -0.2) is 37.7 Å². The van der Waals surface area contributed by atoms with E-state index in [1.165, 1.54) is 0 Å². The molecule has 0 amide bonds. The van der Waals surface area contributed by atoms with E-state index in [0.717, 1.165) is 5.69 Å². The van der Waals surface area contributed by atoms with Crippen LogP contribution in [0.5, 0.6) is 0 Å². The number of esters is 1. The normalized spacial score (nSPS) is 9.46. The minimum Gasteiger partial charge on any atom is -0.478 e. The minimum absolute atomic E-state index is 0.308. The molecule has 0 aliphatic rings. The molecule has 24 heavy (non-hydrogen) atoms. The van der Waals surface area contributed by atoms with Crippen LogP contribution in [0.15, 0.2) is 48.5 Å². The number of ether oxygens (including phenoxy) is 1. The topological polar surface area (TPSA) is 92.9 Å². The number of nitrogens with zero attached hydrogens (tertiary/aromatic N) is 1. The molecule has 0 aliphatic carbocycles. The van der Waals surface area contributed by atoms with Gasteiger partial charge < -0.3 is 20.5 Å². The summed E-state index contributed by atoms with van der Waals surface area (Å²) in [5, 5.41) is 8.60. The number of nitrogen functional groups attached to an aromatic ring is 1. The third-order valence-electron chi connectivity index (χ3n) is 3.05. The highest BCUT2D eigenvalue weighted by Gasteiger charge is 2.04. The van der Waals surface area contributed by atoms with Crippen molar-refractivity contribution in [1.29, 1.82) is 0 Å². The van der Waals surface area contributed by atoms with E-state index >= 15 is 0 Å². The van der Waals surface area contributed by atoms with E-state index in [0.29, 0.717) is 23.4 Å².